The molecule has 0 aliphatic rings. The number of benzene rings is 2. The van der Waals surface area contributed by atoms with Crippen LogP contribution in [0.15, 0.2) is 60.7 Å². The highest BCUT2D eigenvalue weighted by atomic mass is 16.3. The Kier molecular flexibility index (Phi) is 4.91. The maximum Gasteiger partial charge on any atom is 0.217 e. The minimum atomic E-state index is -0.722. The first kappa shape index (κ1) is 14.3. The molecular formula is C17H19NO2. The first-order valence-electron chi connectivity index (χ1n) is 6.71. The molecule has 0 spiro atoms. The van der Waals surface area contributed by atoms with Gasteiger partial charge in [-0.3, -0.25) is 4.79 Å². The number of aliphatic hydroxyl groups excluding tert-OH is 1. The molecular weight excluding hydrogens is 250 g/mol. The van der Waals surface area contributed by atoms with Crippen molar-refractivity contribution >= 4 is 5.91 Å². The normalized spacial score (nSPS) is 13.5. The summed E-state index contributed by atoms with van der Waals surface area (Å²) in [6.07, 6.45) is -0.128. The number of carbonyl (C=O) groups excluding carboxylic acids is 1. The molecule has 2 N–H and O–H groups in total. The van der Waals surface area contributed by atoms with E-state index in [-0.39, 0.29) is 11.9 Å². The number of amides is 1. The maximum atomic E-state index is 11.4. The monoisotopic (exact) mass is 269 g/mol. The van der Waals surface area contributed by atoms with Crippen molar-refractivity contribution in [2.75, 3.05) is 0 Å². The van der Waals surface area contributed by atoms with E-state index in [2.05, 4.69) is 5.32 Å². The average molecular weight is 269 g/mol. The van der Waals surface area contributed by atoms with Gasteiger partial charge < -0.3 is 10.4 Å². The third-order valence-electron chi connectivity index (χ3n) is 3.21. The van der Waals surface area contributed by atoms with Crippen LogP contribution in [0.5, 0.6) is 0 Å². The lowest BCUT2D eigenvalue weighted by Gasteiger charge is -2.24. The summed E-state index contributed by atoms with van der Waals surface area (Å²) in [4.78, 5) is 11.4. The third-order valence-corrected chi connectivity index (χ3v) is 3.21. The van der Waals surface area contributed by atoms with E-state index in [4.69, 9.17) is 0 Å². The van der Waals surface area contributed by atoms with Gasteiger partial charge in [0.25, 0.3) is 0 Å². The number of hydrogen-bond donors (Lipinski definition) is 2. The molecule has 1 amide bonds. The average Bonchev–Trinajstić information content (AvgIpc) is 2.47. The predicted molar refractivity (Wildman–Crippen MR) is 79.2 cm³/mol. The van der Waals surface area contributed by atoms with Gasteiger partial charge in [0, 0.05) is 6.92 Å². The van der Waals surface area contributed by atoms with Gasteiger partial charge in [-0.05, 0) is 17.5 Å². The van der Waals surface area contributed by atoms with Crippen LogP contribution in [0.1, 0.15) is 24.2 Å². The lowest BCUT2D eigenvalue weighted by Crippen LogP contribution is -2.39. The second-order valence-electron chi connectivity index (χ2n) is 4.85. The van der Waals surface area contributed by atoms with Crippen molar-refractivity contribution in [3.63, 3.8) is 0 Å². The molecule has 2 aromatic rings. The SMILES string of the molecule is CC(=O)NC(Cc1ccccc1)C(O)c1ccccc1. The van der Waals surface area contributed by atoms with Crippen LogP contribution in [0, 0.1) is 0 Å². The smallest absolute Gasteiger partial charge is 0.217 e. The van der Waals surface area contributed by atoms with Gasteiger partial charge >= 0.3 is 0 Å². The molecule has 2 atom stereocenters. The van der Waals surface area contributed by atoms with Crippen LogP contribution in [0.25, 0.3) is 0 Å². The van der Waals surface area contributed by atoms with Gasteiger partial charge in [0.05, 0.1) is 12.1 Å². The molecule has 0 saturated carbocycles. The third kappa shape index (κ3) is 3.93. The maximum absolute atomic E-state index is 11.4. The number of carbonyl (C=O) groups is 1. The molecule has 0 heterocycles. The van der Waals surface area contributed by atoms with Gasteiger partial charge in [-0.2, -0.15) is 0 Å². The molecule has 20 heavy (non-hydrogen) atoms. The van der Waals surface area contributed by atoms with Crippen LogP contribution in [0.3, 0.4) is 0 Å². The number of nitrogens with one attached hydrogen (secondary N) is 1. The van der Waals surface area contributed by atoms with E-state index in [9.17, 15) is 9.90 Å². The Bertz CT molecular complexity index is 539. The molecule has 0 saturated heterocycles. The highest BCUT2D eigenvalue weighted by Crippen LogP contribution is 2.19. The van der Waals surface area contributed by atoms with E-state index in [1.165, 1.54) is 6.92 Å². The summed E-state index contributed by atoms with van der Waals surface area (Å²) in [6, 6.07) is 18.9. The zero-order chi connectivity index (χ0) is 14.4. The van der Waals surface area contributed by atoms with Crippen LogP contribution < -0.4 is 5.32 Å². The van der Waals surface area contributed by atoms with Crippen molar-refractivity contribution in [2.45, 2.75) is 25.5 Å². The van der Waals surface area contributed by atoms with Gasteiger partial charge in [-0.25, -0.2) is 0 Å². The largest absolute Gasteiger partial charge is 0.386 e. The lowest BCUT2D eigenvalue weighted by atomic mass is 9.96. The van der Waals surface area contributed by atoms with E-state index < -0.39 is 6.10 Å². The Hall–Kier alpha value is -2.13. The van der Waals surface area contributed by atoms with E-state index in [0.29, 0.717) is 6.42 Å². The number of rotatable bonds is 5. The molecule has 104 valence electrons. The summed E-state index contributed by atoms with van der Waals surface area (Å²) in [5.74, 6) is -0.138. The highest BCUT2D eigenvalue weighted by Gasteiger charge is 2.21. The second kappa shape index (κ2) is 6.87. The number of aliphatic hydroxyl groups is 1. The van der Waals surface area contributed by atoms with Crippen molar-refractivity contribution in [1.29, 1.82) is 0 Å². The van der Waals surface area contributed by atoms with Crippen molar-refractivity contribution in [3.05, 3.63) is 71.8 Å². The van der Waals surface area contributed by atoms with Crippen LogP contribution >= 0.6 is 0 Å². The molecule has 0 aliphatic carbocycles. The summed E-state index contributed by atoms with van der Waals surface area (Å²) in [5, 5.41) is 13.3. The summed E-state index contributed by atoms with van der Waals surface area (Å²) in [7, 11) is 0. The summed E-state index contributed by atoms with van der Waals surface area (Å²) < 4.78 is 0. The van der Waals surface area contributed by atoms with Crippen LogP contribution in [-0.4, -0.2) is 17.1 Å². The summed E-state index contributed by atoms with van der Waals surface area (Å²) >= 11 is 0. The summed E-state index contributed by atoms with van der Waals surface area (Å²) in [6.45, 7) is 1.47. The van der Waals surface area contributed by atoms with Crippen LogP contribution in [-0.2, 0) is 11.2 Å². The highest BCUT2D eigenvalue weighted by molar-refractivity contribution is 5.73. The van der Waals surface area contributed by atoms with Gasteiger partial charge in [0.15, 0.2) is 0 Å². The molecule has 0 fully saturated rings. The molecule has 3 heteroatoms. The Morgan fingerprint density at radius 1 is 1.05 bits per heavy atom. The molecule has 0 bridgehead atoms. The first-order valence-corrected chi connectivity index (χ1v) is 6.71. The van der Waals surface area contributed by atoms with Gasteiger partial charge in [0.2, 0.25) is 5.91 Å². The van der Waals surface area contributed by atoms with Crippen molar-refractivity contribution in [1.82, 2.24) is 5.32 Å². The van der Waals surface area contributed by atoms with E-state index in [1.807, 2.05) is 60.7 Å². The lowest BCUT2D eigenvalue weighted by molar-refractivity contribution is -0.120. The quantitative estimate of drug-likeness (QED) is 0.876. The zero-order valence-corrected chi connectivity index (χ0v) is 11.5. The van der Waals surface area contributed by atoms with Crippen molar-refractivity contribution in [3.8, 4) is 0 Å². The van der Waals surface area contributed by atoms with E-state index in [0.717, 1.165) is 11.1 Å². The molecule has 2 aromatic carbocycles. The molecule has 0 aliphatic heterocycles. The minimum absolute atomic E-state index is 0.138. The Morgan fingerprint density at radius 3 is 2.15 bits per heavy atom. The molecule has 0 aromatic heterocycles. The molecule has 2 unspecified atom stereocenters. The van der Waals surface area contributed by atoms with Gasteiger partial charge in [0.1, 0.15) is 0 Å². The topological polar surface area (TPSA) is 49.3 Å². The van der Waals surface area contributed by atoms with Crippen LogP contribution in [0.4, 0.5) is 0 Å². The Morgan fingerprint density at radius 2 is 1.60 bits per heavy atom. The van der Waals surface area contributed by atoms with E-state index in [1.54, 1.807) is 0 Å². The zero-order valence-electron chi connectivity index (χ0n) is 11.5. The fraction of sp³-hybridized carbons (Fsp3) is 0.235. The van der Waals surface area contributed by atoms with Crippen molar-refractivity contribution in [2.24, 2.45) is 0 Å². The first-order chi connectivity index (χ1) is 9.66. The van der Waals surface area contributed by atoms with Gasteiger partial charge in [-0.15, -0.1) is 0 Å². The summed E-state index contributed by atoms with van der Waals surface area (Å²) in [5.41, 5.74) is 1.89. The second-order valence-corrected chi connectivity index (χ2v) is 4.85. The molecule has 3 nitrogen and oxygen atoms in total. The fourth-order valence-electron chi connectivity index (χ4n) is 2.25. The molecule has 0 radical (unpaired) electrons. The molecule has 2 rings (SSSR count). The van der Waals surface area contributed by atoms with Gasteiger partial charge in [-0.1, -0.05) is 60.7 Å². The minimum Gasteiger partial charge on any atom is -0.386 e. The standard InChI is InChI=1S/C17H19NO2/c1-13(19)18-16(12-14-8-4-2-5-9-14)17(20)15-10-6-3-7-11-15/h2-11,16-17,20H,12H2,1H3,(H,18,19). The predicted octanol–water partition coefficient (Wildman–Crippen LogP) is 2.47. The van der Waals surface area contributed by atoms with Crippen LogP contribution in [0.2, 0.25) is 0 Å². The Balaban J connectivity index is 2.17. The Labute approximate surface area is 119 Å². The fourth-order valence-corrected chi connectivity index (χ4v) is 2.25. The van der Waals surface area contributed by atoms with Crippen molar-refractivity contribution < 1.29 is 9.90 Å². The van der Waals surface area contributed by atoms with E-state index >= 15 is 0 Å². The number of hydrogen-bond acceptors (Lipinski definition) is 2.